The first-order valence-electron chi connectivity index (χ1n) is 7.75. The normalized spacial score (nSPS) is 24.2. The highest BCUT2D eigenvalue weighted by Gasteiger charge is 2.28. The molecule has 0 radical (unpaired) electrons. The largest absolute Gasteiger partial charge is 0.392 e. The van der Waals surface area contributed by atoms with E-state index >= 15 is 0 Å². The molecule has 2 atom stereocenters. The Kier molecular flexibility index (Phi) is 5.58. The quantitative estimate of drug-likeness (QED) is 0.894. The zero-order chi connectivity index (χ0) is 14.5. The van der Waals surface area contributed by atoms with Gasteiger partial charge >= 0.3 is 0 Å². The number of likely N-dealkylation sites (tertiary alicyclic amines) is 1. The van der Waals surface area contributed by atoms with Gasteiger partial charge in [0.25, 0.3) is 0 Å². The maximum atomic E-state index is 9.08. The van der Waals surface area contributed by atoms with Crippen molar-refractivity contribution in [1.29, 1.82) is 0 Å². The summed E-state index contributed by atoms with van der Waals surface area (Å²) in [4.78, 5) is 5.04. The van der Waals surface area contributed by atoms with Gasteiger partial charge < -0.3 is 10.0 Å². The predicted octanol–water partition coefficient (Wildman–Crippen LogP) is 2.34. The van der Waals surface area contributed by atoms with Gasteiger partial charge in [-0.2, -0.15) is 0 Å². The Labute approximate surface area is 123 Å². The van der Waals surface area contributed by atoms with Crippen LogP contribution >= 0.6 is 0 Å². The summed E-state index contributed by atoms with van der Waals surface area (Å²) in [6.45, 7) is 9.35. The van der Waals surface area contributed by atoms with E-state index in [1.165, 1.54) is 31.6 Å². The second-order valence-corrected chi connectivity index (χ2v) is 6.12. The number of piperidine rings is 1. The van der Waals surface area contributed by atoms with Crippen molar-refractivity contribution in [2.75, 3.05) is 26.7 Å². The van der Waals surface area contributed by atoms with E-state index in [-0.39, 0.29) is 6.61 Å². The molecule has 0 amide bonds. The minimum atomic E-state index is 0.128. The van der Waals surface area contributed by atoms with Crippen LogP contribution in [-0.4, -0.2) is 47.6 Å². The molecule has 112 valence electrons. The van der Waals surface area contributed by atoms with Crippen molar-refractivity contribution < 1.29 is 5.11 Å². The molecule has 1 aliphatic rings. The van der Waals surface area contributed by atoms with E-state index < -0.39 is 0 Å². The lowest BCUT2D eigenvalue weighted by atomic mass is 9.92. The summed E-state index contributed by atoms with van der Waals surface area (Å²) in [5.74, 6) is 0.727. The fourth-order valence-corrected chi connectivity index (χ4v) is 3.32. The summed E-state index contributed by atoms with van der Waals surface area (Å²) in [7, 11) is 2.24. The Balaban J connectivity index is 1.92. The third kappa shape index (κ3) is 3.81. The number of aliphatic hydroxyl groups is 1. The molecule has 1 saturated heterocycles. The molecule has 1 aliphatic heterocycles. The van der Waals surface area contributed by atoms with Crippen LogP contribution in [-0.2, 0) is 13.2 Å². The molecule has 3 nitrogen and oxygen atoms in total. The van der Waals surface area contributed by atoms with E-state index in [9.17, 15) is 0 Å². The first kappa shape index (κ1) is 15.5. The summed E-state index contributed by atoms with van der Waals surface area (Å²) in [6.07, 6.45) is 1.26. The zero-order valence-electron chi connectivity index (χ0n) is 13.0. The molecule has 3 heteroatoms. The molecule has 0 saturated carbocycles. The van der Waals surface area contributed by atoms with Crippen molar-refractivity contribution in [3.05, 3.63) is 35.4 Å². The minimum Gasteiger partial charge on any atom is -0.392 e. The topological polar surface area (TPSA) is 26.7 Å². The third-order valence-corrected chi connectivity index (χ3v) is 4.60. The van der Waals surface area contributed by atoms with Gasteiger partial charge in [-0.25, -0.2) is 0 Å². The minimum absolute atomic E-state index is 0.128. The molecule has 2 unspecified atom stereocenters. The van der Waals surface area contributed by atoms with Gasteiger partial charge in [0.2, 0.25) is 0 Å². The highest BCUT2D eigenvalue weighted by Crippen LogP contribution is 2.22. The predicted molar refractivity (Wildman–Crippen MR) is 83.5 cm³/mol. The van der Waals surface area contributed by atoms with Crippen molar-refractivity contribution in [2.45, 2.75) is 39.5 Å². The van der Waals surface area contributed by atoms with Crippen LogP contribution in [0.3, 0.4) is 0 Å². The van der Waals surface area contributed by atoms with Gasteiger partial charge in [-0.15, -0.1) is 0 Å². The van der Waals surface area contributed by atoms with Gasteiger partial charge in [0.15, 0.2) is 0 Å². The molecule has 1 N–H and O–H groups in total. The zero-order valence-corrected chi connectivity index (χ0v) is 13.0. The summed E-state index contributed by atoms with van der Waals surface area (Å²) in [5.41, 5.74) is 2.32. The number of benzene rings is 1. The van der Waals surface area contributed by atoms with Crippen molar-refractivity contribution in [3.8, 4) is 0 Å². The second kappa shape index (κ2) is 7.21. The van der Waals surface area contributed by atoms with E-state index in [1.54, 1.807) is 0 Å². The molecule has 1 heterocycles. The molecular weight excluding hydrogens is 248 g/mol. The highest BCUT2D eigenvalue weighted by atomic mass is 16.3. The van der Waals surface area contributed by atoms with E-state index in [0.29, 0.717) is 6.04 Å². The Morgan fingerprint density at radius 2 is 1.90 bits per heavy atom. The molecular formula is C17H28N2O. The monoisotopic (exact) mass is 276 g/mol. The first-order valence-corrected chi connectivity index (χ1v) is 7.75. The molecule has 1 aromatic carbocycles. The molecule has 0 spiro atoms. The molecule has 0 aromatic heterocycles. The molecule has 1 aromatic rings. The maximum absolute atomic E-state index is 9.08. The number of rotatable bonds is 5. The summed E-state index contributed by atoms with van der Waals surface area (Å²) in [5, 5.41) is 9.08. The van der Waals surface area contributed by atoms with Gasteiger partial charge in [0.05, 0.1) is 6.61 Å². The van der Waals surface area contributed by atoms with E-state index in [2.05, 4.69) is 42.8 Å². The molecule has 0 aliphatic carbocycles. The van der Waals surface area contributed by atoms with Crippen molar-refractivity contribution in [1.82, 2.24) is 9.80 Å². The summed E-state index contributed by atoms with van der Waals surface area (Å²) < 4.78 is 0. The average molecular weight is 276 g/mol. The Bertz CT molecular complexity index is 404. The third-order valence-electron chi connectivity index (χ3n) is 4.60. The number of hydrogen-bond donors (Lipinski definition) is 1. The van der Waals surface area contributed by atoms with Gasteiger partial charge in [-0.05, 0) is 43.6 Å². The lowest BCUT2D eigenvalue weighted by Crippen LogP contribution is -2.48. The van der Waals surface area contributed by atoms with Gasteiger partial charge in [0.1, 0.15) is 0 Å². The van der Waals surface area contributed by atoms with Gasteiger partial charge in [0, 0.05) is 19.1 Å². The van der Waals surface area contributed by atoms with E-state index in [1.807, 2.05) is 12.1 Å². The maximum Gasteiger partial charge on any atom is 0.0681 e. The fraction of sp³-hybridized carbons (Fsp3) is 0.647. The van der Waals surface area contributed by atoms with Crippen LogP contribution in [0.2, 0.25) is 0 Å². The van der Waals surface area contributed by atoms with Crippen LogP contribution in [0.15, 0.2) is 24.3 Å². The molecule has 2 rings (SSSR count). The Morgan fingerprint density at radius 3 is 2.45 bits per heavy atom. The van der Waals surface area contributed by atoms with Gasteiger partial charge in [-0.1, -0.05) is 38.1 Å². The number of nitrogens with zero attached hydrogens (tertiary/aromatic N) is 2. The molecule has 1 fully saturated rings. The Hall–Kier alpha value is -0.900. The average Bonchev–Trinajstić information content (AvgIpc) is 2.47. The van der Waals surface area contributed by atoms with E-state index in [0.717, 1.165) is 18.0 Å². The van der Waals surface area contributed by atoms with Gasteiger partial charge in [-0.3, -0.25) is 4.90 Å². The van der Waals surface area contributed by atoms with Crippen LogP contribution < -0.4 is 0 Å². The molecule has 20 heavy (non-hydrogen) atoms. The fourth-order valence-electron chi connectivity index (χ4n) is 3.32. The van der Waals surface area contributed by atoms with Crippen LogP contribution in [0, 0.1) is 5.92 Å². The van der Waals surface area contributed by atoms with E-state index in [4.69, 9.17) is 5.11 Å². The summed E-state index contributed by atoms with van der Waals surface area (Å²) >= 11 is 0. The summed E-state index contributed by atoms with van der Waals surface area (Å²) in [6, 6.07) is 8.98. The highest BCUT2D eigenvalue weighted by molar-refractivity contribution is 5.21. The van der Waals surface area contributed by atoms with Crippen molar-refractivity contribution in [3.63, 3.8) is 0 Å². The lowest BCUT2D eigenvalue weighted by Gasteiger charge is -2.41. The lowest BCUT2D eigenvalue weighted by molar-refractivity contribution is 0.0787. The smallest absolute Gasteiger partial charge is 0.0681 e. The second-order valence-electron chi connectivity index (χ2n) is 6.12. The number of hydrogen-bond acceptors (Lipinski definition) is 3. The van der Waals surface area contributed by atoms with Crippen molar-refractivity contribution in [2.24, 2.45) is 5.92 Å². The SMILES string of the molecule is CCN1CCC(N(C)Cc2ccc(CO)cc2)C(C)C1. The first-order chi connectivity index (χ1) is 9.63. The van der Waals surface area contributed by atoms with Crippen LogP contribution in [0.1, 0.15) is 31.4 Å². The standard InChI is InChI=1S/C17H28N2O/c1-4-19-10-9-17(14(2)11-19)18(3)12-15-5-7-16(13-20)8-6-15/h5-8,14,17,20H,4,9-13H2,1-3H3. The van der Waals surface area contributed by atoms with Crippen LogP contribution in [0.4, 0.5) is 0 Å². The number of aliphatic hydroxyl groups excluding tert-OH is 1. The Morgan fingerprint density at radius 1 is 1.25 bits per heavy atom. The van der Waals surface area contributed by atoms with Crippen LogP contribution in [0.5, 0.6) is 0 Å². The molecule has 0 bridgehead atoms. The van der Waals surface area contributed by atoms with Crippen molar-refractivity contribution >= 4 is 0 Å². The van der Waals surface area contributed by atoms with Crippen LogP contribution in [0.25, 0.3) is 0 Å².